The van der Waals surface area contributed by atoms with Gasteiger partial charge in [0.25, 0.3) is 0 Å². The molecular formula is C15H30N2. The average Bonchev–Trinajstić information content (AvgIpc) is 2.68. The molecule has 1 aliphatic carbocycles. The van der Waals surface area contributed by atoms with Gasteiger partial charge in [0.1, 0.15) is 0 Å². The third kappa shape index (κ3) is 3.69. The van der Waals surface area contributed by atoms with E-state index in [1.807, 2.05) is 0 Å². The molecule has 0 bridgehead atoms. The molecule has 0 amide bonds. The third-order valence-electron chi connectivity index (χ3n) is 4.87. The highest BCUT2D eigenvalue weighted by molar-refractivity contribution is 4.87. The van der Waals surface area contributed by atoms with Gasteiger partial charge in [0.2, 0.25) is 0 Å². The highest BCUT2D eigenvalue weighted by Gasteiger charge is 2.28. The van der Waals surface area contributed by atoms with Crippen molar-refractivity contribution in [3.8, 4) is 0 Å². The fraction of sp³-hybridized carbons (Fsp3) is 1.00. The van der Waals surface area contributed by atoms with Crippen LogP contribution in [0.25, 0.3) is 0 Å². The van der Waals surface area contributed by atoms with Gasteiger partial charge in [-0.2, -0.15) is 0 Å². The predicted octanol–water partition coefficient (Wildman–Crippen LogP) is 3.03. The Morgan fingerprint density at radius 2 is 1.71 bits per heavy atom. The first-order chi connectivity index (χ1) is 8.31. The van der Waals surface area contributed by atoms with Gasteiger partial charge in [-0.25, -0.2) is 0 Å². The summed E-state index contributed by atoms with van der Waals surface area (Å²) in [5.74, 6) is 0.943. The molecule has 2 heteroatoms. The van der Waals surface area contributed by atoms with Crippen LogP contribution in [0.3, 0.4) is 0 Å². The Bertz CT molecular complexity index is 217. The molecule has 2 rings (SSSR count). The van der Waals surface area contributed by atoms with E-state index in [1.54, 1.807) is 0 Å². The van der Waals surface area contributed by atoms with Crippen LogP contribution in [0.2, 0.25) is 0 Å². The van der Waals surface area contributed by atoms with Crippen LogP contribution in [0.5, 0.6) is 0 Å². The first-order valence-electron chi connectivity index (χ1n) is 7.72. The Kier molecular flexibility index (Phi) is 5.30. The number of hydrogen-bond acceptors (Lipinski definition) is 2. The maximum atomic E-state index is 3.58. The van der Waals surface area contributed by atoms with Crippen LogP contribution in [0.15, 0.2) is 0 Å². The molecule has 2 fully saturated rings. The van der Waals surface area contributed by atoms with Crippen molar-refractivity contribution in [1.29, 1.82) is 0 Å². The normalized spacial score (nSPS) is 37.4. The number of likely N-dealkylation sites (tertiary alicyclic amines) is 1. The Morgan fingerprint density at radius 3 is 2.53 bits per heavy atom. The average molecular weight is 238 g/mol. The van der Waals surface area contributed by atoms with Crippen LogP contribution >= 0.6 is 0 Å². The van der Waals surface area contributed by atoms with E-state index in [9.17, 15) is 0 Å². The third-order valence-corrected chi connectivity index (χ3v) is 4.87. The van der Waals surface area contributed by atoms with Crippen molar-refractivity contribution in [2.24, 2.45) is 5.92 Å². The van der Waals surface area contributed by atoms with Gasteiger partial charge in [-0.1, -0.05) is 26.2 Å². The van der Waals surface area contributed by atoms with E-state index in [0.717, 1.165) is 18.0 Å². The van der Waals surface area contributed by atoms with Crippen molar-refractivity contribution in [1.82, 2.24) is 10.2 Å². The lowest BCUT2D eigenvalue weighted by atomic mass is 10.0. The minimum Gasteiger partial charge on any atom is -0.315 e. The Balaban J connectivity index is 1.96. The largest absolute Gasteiger partial charge is 0.315 e. The quantitative estimate of drug-likeness (QED) is 0.744. The fourth-order valence-electron chi connectivity index (χ4n) is 3.68. The molecule has 1 heterocycles. The topological polar surface area (TPSA) is 15.3 Å². The second-order valence-corrected chi connectivity index (χ2v) is 6.17. The van der Waals surface area contributed by atoms with E-state index < -0.39 is 0 Å². The lowest BCUT2D eigenvalue weighted by molar-refractivity contribution is 0.155. The zero-order chi connectivity index (χ0) is 12.1. The molecule has 1 saturated carbocycles. The highest BCUT2D eigenvalue weighted by Crippen LogP contribution is 2.26. The van der Waals surface area contributed by atoms with Gasteiger partial charge in [0, 0.05) is 12.1 Å². The lowest BCUT2D eigenvalue weighted by Gasteiger charge is -2.35. The molecule has 3 atom stereocenters. The molecule has 2 aliphatic rings. The van der Waals surface area contributed by atoms with Gasteiger partial charge >= 0.3 is 0 Å². The molecule has 3 unspecified atom stereocenters. The Morgan fingerprint density at radius 1 is 0.882 bits per heavy atom. The molecule has 0 aromatic rings. The van der Waals surface area contributed by atoms with Crippen LogP contribution in [0.1, 0.15) is 58.3 Å². The summed E-state index contributed by atoms with van der Waals surface area (Å²) in [5.41, 5.74) is 0. The molecule has 2 nitrogen and oxygen atoms in total. The number of likely N-dealkylation sites (N-methyl/N-ethyl adjacent to an activating group) is 1. The number of nitrogens with zero attached hydrogens (tertiary/aromatic N) is 1. The summed E-state index contributed by atoms with van der Waals surface area (Å²) in [6.45, 7) is 5.10. The zero-order valence-electron chi connectivity index (χ0n) is 11.8. The molecular weight excluding hydrogens is 208 g/mol. The maximum absolute atomic E-state index is 3.58. The molecule has 1 aliphatic heterocycles. The van der Waals surface area contributed by atoms with Crippen LogP contribution in [-0.4, -0.2) is 37.1 Å². The summed E-state index contributed by atoms with van der Waals surface area (Å²) in [5, 5.41) is 3.58. The summed E-state index contributed by atoms with van der Waals surface area (Å²) >= 11 is 0. The van der Waals surface area contributed by atoms with Gasteiger partial charge in [0.05, 0.1) is 0 Å². The first-order valence-corrected chi connectivity index (χ1v) is 7.72. The van der Waals surface area contributed by atoms with Crippen molar-refractivity contribution in [3.63, 3.8) is 0 Å². The van der Waals surface area contributed by atoms with Gasteiger partial charge < -0.3 is 5.32 Å². The standard InChI is InChI=1S/C15H30N2/c1-13-7-6-11-17(12-10-13)15-9-5-3-4-8-14(15)16-2/h13-16H,3-12H2,1-2H3. The monoisotopic (exact) mass is 238 g/mol. The number of nitrogens with one attached hydrogen (secondary N) is 1. The Labute approximate surface area is 107 Å². The van der Waals surface area contributed by atoms with E-state index in [-0.39, 0.29) is 0 Å². The van der Waals surface area contributed by atoms with Crippen molar-refractivity contribution in [2.45, 2.75) is 70.4 Å². The molecule has 1 N–H and O–H groups in total. The van der Waals surface area contributed by atoms with Gasteiger partial charge in [0.15, 0.2) is 0 Å². The zero-order valence-corrected chi connectivity index (χ0v) is 11.8. The van der Waals surface area contributed by atoms with Gasteiger partial charge in [-0.15, -0.1) is 0 Å². The SMILES string of the molecule is CNC1CCCCCC1N1CCCC(C)CC1. The van der Waals surface area contributed by atoms with E-state index >= 15 is 0 Å². The Hall–Kier alpha value is -0.0800. The molecule has 0 aromatic heterocycles. The fourth-order valence-corrected chi connectivity index (χ4v) is 3.68. The summed E-state index contributed by atoms with van der Waals surface area (Å²) in [6.07, 6.45) is 11.4. The molecule has 100 valence electrons. The minimum absolute atomic E-state index is 0.742. The molecule has 0 spiro atoms. The van der Waals surface area contributed by atoms with Crippen LogP contribution in [0.4, 0.5) is 0 Å². The maximum Gasteiger partial charge on any atom is 0.0249 e. The number of rotatable bonds is 2. The van der Waals surface area contributed by atoms with E-state index in [2.05, 4.69) is 24.2 Å². The van der Waals surface area contributed by atoms with Crippen molar-refractivity contribution in [3.05, 3.63) is 0 Å². The smallest absolute Gasteiger partial charge is 0.0249 e. The first kappa shape index (κ1) is 13.4. The van der Waals surface area contributed by atoms with E-state index in [4.69, 9.17) is 0 Å². The van der Waals surface area contributed by atoms with Crippen molar-refractivity contribution in [2.75, 3.05) is 20.1 Å². The molecule has 0 radical (unpaired) electrons. The van der Waals surface area contributed by atoms with E-state index in [1.165, 1.54) is 64.5 Å². The predicted molar refractivity (Wildman–Crippen MR) is 74.3 cm³/mol. The molecule has 17 heavy (non-hydrogen) atoms. The van der Waals surface area contributed by atoms with Crippen LogP contribution in [0, 0.1) is 5.92 Å². The summed E-state index contributed by atoms with van der Waals surface area (Å²) < 4.78 is 0. The summed E-state index contributed by atoms with van der Waals surface area (Å²) in [7, 11) is 2.16. The van der Waals surface area contributed by atoms with Crippen molar-refractivity contribution >= 4 is 0 Å². The highest BCUT2D eigenvalue weighted by atomic mass is 15.2. The van der Waals surface area contributed by atoms with Gasteiger partial charge in [-0.3, -0.25) is 4.90 Å². The van der Waals surface area contributed by atoms with Crippen LogP contribution < -0.4 is 5.32 Å². The molecule has 1 saturated heterocycles. The van der Waals surface area contributed by atoms with Crippen molar-refractivity contribution < 1.29 is 0 Å². The molecule has 0 aromatic carbocycles. The van der Waals surface area contributed by atoms with Gasteiger partial charge in [-0.05, 0) is 58.2 Å². The number of hydrogen-bond donors (Lipinski definition) is 1. The minimum atomic E-state index is 0.742. The lowest BCUT2D eigenvalue weighted by Crippen LogP contribution is -2.49. The van der Waals surface area contributed by atoms with E-state index in [0.29, 0.717) is 0 Å². The second kappa shape index (κ2) is 6.75. The second-order valence-electron chi connectivity index (χ2n) is 6.17. The summed E-state index contributed by atoms with van der Waals surface area (Å²) in [6, 6.07) is 1.55. The summed E-state index contributed by atoms with van der Waals surface area (Å²) in [4.78, 5) is 2.80. The van der Waals surface area contributed by atoms with Crippen LogP contribution in [-0.2, 0) is 0 Å².